The highest BCUT2D eigenvalue weighted by atomic mass is 16.5. The molecule has 0 aliphatic carbocycles. The van der Waals surface area contributed by atoms with Crippen molar-refractivity contribution in [1.29, 1.82) is 0 Å². The molecule has 50 heavy (non-hydrogen) atoms. The van der Waals surface area contributed by atoms with Gasteiger partial charge in [0.25, 0.3) is 0 Å². The first kappa shape index (κ1) is 43.3. The molecule has 11 heteroatoms. The average molecular weight is 703 g/mol. The fourth-order valence-corrected chi connectivity index (χ4v) is 7.35. The average Bonchev–Trinajstić information content (AvgIpc) is 3.58. The molecule has 0 radical (unpaired) electrons. The molecule has 0 spiro atoms. The number of likely N-dealkylation sites (N-methyl/N-ethyl adjacent to an activating group) is 1. The molecule has 1 aromatic carbocycles. The first-order valence-electron chi connectivity index (χ1n) is 18.5. The molecule has 0 bridgehead atoms. The van der Waals surface area contributed by atoms with Gasteiger partial charge in [-0.2, -0.15) is 0 Å². The zero-order valence-electron chi connectivity index (χ0n) is 32.4. The summed E-state index contributed by atoms with van der Waals surface area (Å²) < 4.78 is 11.9. The Labute approximate surface area is 301 Å². The highest BCUT2D eigenvalue weighted by Gasteiger charge is 2.42. The van der Waals surface area contributed by atoms with Crippen molar-refractivity contribution < 1.29 is 33.8 Å². The largest absolute Gasteiger partial charge is 0.386 e. The van der Waals surface area contributed by atoms with Crippen LogP contribution in [0, 0.1) is 29.6 Å². The summed E-state index contributed by atoms with van der Waals surface area (Å²) in [5, 5.41) is 19.8. The molecule has 1 heterocycles. The van der Waals surface area contributed by atoms with Gasteiger partial charge in [0.2, 0.25) is 17.7 Å². The number of aliphatic hydroxyl groups excluding tert-OH is 1. The van der Waals surface area contributed by atoms with Gasteiger partial charge in [0.15, 0.2) is 5.78 Å². The Kier molecular flexibility index (Phi) is 18.1. The summed E-state index contributed by atoms with van der Waals surface area (Å²) in [5.74, 6) is -1.45. The lowest BCUT2D eigenvalue weighted by atomic mass is 9.79. The molecule has 1 aromatic rings. The summed E-state index contributed by atoms with van der Waals surface area (Å²) in [7, 11) is 4.88. The summed E-state index contributed by atoms with van der Waals surface area (Å²) in [6, 6.07) is 7.27. The molecule has 0 aromatic heterocycles. The van der Waals surface area contributed by atoms with Crippen molar-refractivity contribution in [3.8, 4) is 0 Å². The molecule has 1 unspecified atom stereocenters. The third-order valence-electron chi connectivity index (χ3n) is 10.7. The number of benzene rings is 1. The number of ketones is 1. The first-order chi connectivity index (χ1) is 23.6. The van der Waals surface area contributed by atoms with E-state index in [9.17, 15) is 24.3 Å². The molecular formula is C39H66N4O7. The van der Waals surface area contributed by atoms with E-state index in [4.69, 9.17) is 9.47 Å². The number of ether oxygens (including phenoxy) is 2. The number of amides is 3. The van der Waals surface area contributed by atoms with E-state index in [1.54, 1.807) is 35.1 Å². The van der Waals surface area contributed by atoms with E-state index in [2.05, 4.69) is 29.8 Å². The number of nitrogens with one attached hydrogen (secondary N) is 3. The molecule has 2 rings (SSSR count). The van der Waals surface area contributed by atoms with Gasteiger partial charge in [-0.05, 0) is 56.0 Å². The molecule has 1 aliphatic heterocycles. The fourth-order valence-electron chi connectivity index (χ4n) is 7.35. The number of hydrogen-bond acceptors (Lipinski definition) is 8. The zero-order chi connectivity index (χ0) is 37.7. The summed E-state index contributed by atoms with van der Waals surface area (Å²) in [5.41, 5.74) is 0.715. The monoisotopic (exact) mass is 702 g/mol. The second-order valence-electron chi connectivity index (χ2n) is 14.9. The maximum atomic E-state index is 14.0. The van der Waals surface area contributed by atoms with Gasteiger partial charge >= 0.3 is 0 Å². The lowest BCUT2D eigenvalue weighted by Gasteiger charge is -2.36. The van der Waals surface area contributed by atoms with Gasteiger partial charge in [-0.1, -0.05) is 85.2 Å². The predicted molar refractivity (Wildman–Crippen MR) is 196 cm³/mol. The van der Waals surface area contributed by atoms with Crippen molar-refractivity contribution in [2.75, 3.05) is 27.8 Å². The van der Waals surface area contributed by atoms with Gasteiger partial charge in [-0.25, -0.2) is 0 Å². The van der Waals surface area contributed by atoms with Crippen molar-refractivity contribution in [2.24, 2.45) is 29.6 Å². The van der Waals surface area contributed by atoms with Gasteiger partial charge in [-0.3, -0.25) is 19.2 Å². The maximum Gasteiger partial charge on any atom is 0.237 e. The van der Waals surface area contributed by atoms with Crippen molar-refractivity contribution in [3.05, 3.63) is 35.9 Å². The Morgan fingerprint density at radius 3 is 2.02 bits per heavy atom. The smallest absolute Gasteiger partial charge is 0.237 e. The Bertz CT molecular complexity index is 1210. The van der Waals surface area contributed by atoms with Crippen LogP contribution in [-0.2, 0) is 28.7 Å². The number of likely N-dealkylation sites (tertiary alicyclic amines) is 1. The fraction of sp³-hybridized carbons (Fsp3) is 0.744. The van der Waals surface area contributed by atoms with Crippen LogP contribution >= 0.6 is 0 Å². The first-order valence-corrected chi connectivity index (χ1v) is 18.5. The number of methoxy groups -OCH3 is 2. The third kappa shape index (κ3) is 11.6. The van der Waals surface area contributed by atoms with E-state index in [0.717, 1.165) is 12.8 Å². The Morgan fingerprint density at radius 2 is 1.50 bits per heavy atom. The minimum absolute atomic E-state index is 0.0558. The van der Waals surface area contributed by atoms with Crippen molar-refractivity contribution >= 4 is 23.5 Å². The number of hydrogen-bond donors (Lipinski definition) is 4. The summed E-state index contributed by atoms with van der Waals surface area (Å²) >= 11 is 0. The Balaban J connectivity index is 2.19. The van der Waals surface area contributed by atoms with E-state index < -0.39 is 42.4 Å². The van der Waals surface area contributed by atoms with Gasteiger partial charge < -0.3 is 35.4 Å². The van der Waals surface area contributed by atoms with Crippen LogP contribution in [0.4, 0.5) is 0 Å². The van der Waals surface area contributed by atoms with E-state index in [1.807, 2.05) is 62.9 Å². The molecule has 3 amide bonds. The van der Waals surface area contributed by atoms with E-state index in [0.29, 0.717) is 18.5 Å². The van der Waals surface area contributed by atoms with Crippen molar-refractivity contribution in [1.82, 2.24) is 20.9 Å². The number of aliphatic hydroxyl groups is 1. The SMILES string of the molecule is CC[C@H](C)[C@H](CC(=O)C(NC(=O)[C@@H](NC)C(C)C)C(C)C)[C@@H](CC(=O)N1CCC[C@H]1[C@H](OC)[C@@H](C)C(=O)N[C@H](C)[C@@H](O)c1ccccc1)OC. The van der Waals surface area contributed by atoms with Crippen LogP contribution in [-0.4, -0.2) is 97.7 Å². The van der Waals surface area contributed by atoms with Gasteiger partial charge in [0.1, 0.15) is 0 Å². The van der Waals surface area contributed by atoms with Gasteiger partial charge in [0, 0.05) is 27.2 Å². The number of rotatable bonds is 21. The highest BCUT2D eigenvalue weighted by molar-refractivity contribution is 5.91. The highest BCUT2D eigenvalue weighted by Crippen LogP contribution is 2.32. The van der Waals surface area contributed by atoms with E-state index in [1.165, 1.54) is 0 Å². The lowest BCUT2D eigenvalue weighted by Crippen LogP contribution is -2.53. The molecule has 10 atom stereocenters. The topological polar surface area (TPSA) is 146 Å². The summed E-state index contributed by atoms with van der Waals surface area (Å²) in [6.45, 7) is 16.0. The Hall–Kier alpha value is -2.86. The van der Waals surface area contributed by atoms with E-state index >= 15 is 0 Å². The maximum absolute atomic E-state index is 14.0. The van der Waals surface area contributed by atoms with Crippen molar-refractivity contribution in [3.63, 3.8) is 0 Å². The van der Waals surface area contributed by atoms with Crippen molar-refractivity contribution in [2.45, 2.75) is 130 Å². The van der Waals surface area contributed by atoms with Gasteiger partial charge in [0.05, 0.1) is 54.8 Å². The zero-order valence-corrected chi connectivity index (χ0v) is 32.4. The quantitative estimate of drug-likeness (QED) is 0.149. The predicted octanol–water partition coefficient (Wildman–Crippen LogP) is 4.28. The van der Waals surface area contributed by atoms with Crippen LogP contribution in [0.25, 0.3) is 0 Å². The molecule has 1 saturated heterocycles. The number of carbonyl (C=O) groups excluding carboxylic acids is 4. The molecule has 4 N–H and O–H groups in total. The van der Waals surface area contributed by atoms with Crippen LogP contribution in [0.15, 0.2) is 30.3 Å². The molecule has 0 saturated carbocycles. The minimum Gasteiger partial charge on any atom is -0.386 e. The molecule has 284 valence electrons. The minimum atomic E-state index is -0.869. The number of Topliss-reactive ketones (excluding diaryl/α,β-unsaturated/α-hetero) is 1. The van der Waals surface area contributed by atoms with Crippen LogP contribution in [0.2, 0.25) is 0 Å². The lowest BCUT2D eigenvalue weighted by molar-refractivity contribution is -0.143. The standard InChI is InChI=1S/C39H66N4O7/c1-12-25(6)29(21-31(44)34(23(2)3)42-39(48)35(40-9)24(4)5)32(49-10)22-33(45)43-20-16-19-30(43)37(50-11)26(7)38(47)41-27(8)36(46)28-17-14-13-15-18-28/h13-15,17-18,23-27,29-30,32,34-37,40,46H,12,16,19-22H2,1-11H3,(H,41,47)(H,42,48)/t25-,26+,27+,29-,30-,32+,34?,35-,36+,37+/m0/s1. The van der Waals surface area contributed by atoms with Crippen LogP contribution < -0.4 is 16.0 Å². The van der Waals surface area contributed by atoms with Gasteiger partial charge in [-0.15, -0.1) is 0 Å². The molecular weight excluding hydrogens is 636 g/mol. The summed E-state index contributed by atoms with van der Waals surface area (Å²) in [6.07, 6.45) is 0.568. The molecule has 11 nitrogen and oxygen atoms in total. The number of nitrogens with zero attached hydrogens (tertiary/aromatic N) is 1. The van der Waals surface area contributed by atoms with E-state index in [-0.39, 0.29) is 66.1 Å². The Morgan fingerprint density at radius 1 is 0.880 bits per heavy atom. The normalized spacial score (nSPS) is 20.4. The second-order valence-corrected chi connectivity index (χ2v) is 14.9. The summed E-state index contributed by atoms with van der Waals surface area (Å²) in [4.78, 5) is 56.2. The number of carbonyl (C=O) groups is 4. The van der Waals surface area contributed by atoms with Crippen LogP contribution in [0.5, 0.6) is 0 Å². The second kappa shape index (κ2) is 20.9. The van der Waals surface area contributed by atoms with Crippen LogP contribution in [0.1, 0.15) is 99.2 Å². The van der Waals surface area contributed by atoms with Crippen LogP contribution in [0.3, 0.4) is 0 Å². The third-order valence-corrected chi connectivity index (χ3v) is 10.7. The molecule has 1 fully saturated rings. The molecule has 1 aliphatic rings.